The highest BCUT2D eigenvalue weighted by molar-refractivity contribution is 6.07. The van der Waals surface area contributed by atoms with Crippen molar-refractivity contribution in [1.82, 2.24) is 15.1 Å². The molecule has 6 nitrogen and oxygen atoms in total. The Morgan fingerprint density at radius 3 is 2.45 bits per heavy atom. The van der Waals surface area contributed by atoms with Gasteiger partial charge in [-0.2, -0.15) is 0 Å². The van der Waals surface area contributed by atoms with E-state index in [0.29, 0.717) is 25.3 Å². The van der Waals surface area contributed by atoms with Crippen molar-refractivity contribution in [3.05, 3.63) is 35.9 Å². The molecule has 0 radical (unpaired) electrons. The van der Waals surface area contributed by atoms with E-state index in [1.165, 1.54) is 10.5 Å². The Bertz CT molecular complexity index is 750. The minimum absolute atomic E-state index is 0.0887. The van der Waals surface area contributed by atoms with Crippen molar-refractivity contribution in [2.45, 2.75) is 63.3 Å². The molecule has 2 heterocycles. The number of likely N-dealkylation sites (tertiary alicyclic amines) is 1. The standard InChI is InChI=1S/C23H31N3O3/c27-20(25-15-10-19(11-16-25)17-18-7-2-1-3-8-18)9-6-14-26-21(28)23(24-22(26)29)12-4-5-13-23/h1-3,7-8,19H,4-6,9-17H2,(H,24,29). The molecule has 3 fully saturated rings. The van der Waals surface area contributed by atoms with Crippen LogP contribution in [0.5, 0.6) is 0 Å². The summed E-state index contributed by atoms with van der Waals surface area (Å²) < 4.78 is 0. The fourth-order valence-corrected chi connectivity index (χ4v) is 5.08. The number of carbonyl (C=O) groups is 3. The second-order valence-corrected chi connectivity index (χ2v) is 8.79. The Hall–Kier alpha value is -2.37. The Morgan fingerprint density at radius 2 is 1.76 bits per heavy atom. The van der Waals surface area contributed by atoms with Crippen LogP contribution in [-0.2, 0) is 16.0 Å². The van der Waals surface area contributed by atoms with Crippen LogP contribution in [0.3, 0.4) is 0 Å². The third kappa shape index (κ3) is 4.31. The number of carbonyl (C=O) groups excluding carboxylic acids is 3. The van der Waals surface area contributed by atoms with Gasteiger partial charge in [-0.15, -0.1) is 0 Å². The van der Waals surface area contributed by atoms with Crippen LogP contribution in [-0.4, -0.2) is 52.8 Å². The molecule has 156 valence electrons. The average molecular weight is 398 g/mol. The molecule has 3 aliphatic rings. The lowest BCUT2D eigenvalue weighted by Crippen LogP contribution is -2.44. The van der Waals surface area contributed by atoms with Gasteiger partial charge >= 0.3 is 6.03 Å². The first-order valence-corrected chi connectivity index (χ1v) is 11.0. The number of piperidine rings is 1. The van der Waals surface area contributed by atoms with Gasteiger partial charge in [-0.25, -0.2) is 4.79 Å². The van der Waals surface area contributed by atoms with E-state index in [4.69, 9.17) is 0 Å². The maximum absolute atomic E-state index is 12.7. The smallest absolute Gasteiger partial charge is 0.325 e. The zero-order valence-electron chi connectivity index (χ0n) is 17.1. The van der Waals surface area contributed by atoms with Gasteiger partial charge in [0.2, 0.25) is 5.91 Å². The lowest BCUT2D eigenvalue weighted by Gasteiger charge is -2.32. The largest absolute Gasteiger partial charge is 0.343 e. The predicted molar refractivity (Wildman–Crippen MR) is 110 cm³/mol. The molecule has 0 unspecified atom stereocenters. The number of nitrogens with zero attached hydrogens (tertiary/aromatic N) is 2. The van der Waals surface area contributed by atoms with Crippen LogP contribution >= 0.6 is 0 Å². The summed E-state index contributed by atoms with van der Waals surface area (Å²) in [5, 5.41) is 2.90. The van der Waals surface area contributed by atoms with Crippen LogP contribution in [0, 0.1) is 5.92 Å². The number of nitrogens with one attached hydrogen (secondary N) is 1. The number of hydrogen-bond donors (Lipinski definition) is 1. The molecule has 4 rings (SSSR count). The molecule has 1 spiro atoms. The molecule has 2 saturated heterocycles. The summed E-state index contributed by atoms with van der Waals surface area (Å²) in [5.74, 6) is 0.690. The van der Waals surface area contributed by atoms with Crippen molar-refractivity contribution >= 4 is 17.8 Å². The van der Waals surface area contributed by atoms with Gasteiger partial charge in [0.05, 0.1) is 0 Å². The van der Waals surface area contributed by atoms with E-state index < -0.39 is 5.54 Å². The summed E-state index contributed by atoms with van der Waals surface area (Å²) >= 11 is 0. The number of urea groups is 1. The van der Waals surface area contributed by atoms with Gasteiger partial charge in [-0.3, -0.25) is 14.5 Å². The fourth-order valence-electron chi connectivity index (χ4n) is 5.08. The molecule has 1 aromatic carbocycles. The van der Waals surface area contributed by atoms with Crippen LogP contribution < -0.4 is 5.32 Å². The molecular formula is C23H31N3O3. The minimum Gasteiger partial charge on any atom is -0.343 e. The van der Waals surface area contributed by atoms with Crippen molar-refractivity contribution in [3.8, 4) is 0 Å². The molecule has 0 aromatic heterocycles. The van der Waals surface area contributed by atoms with Crippen LogP contribution in [0.25, 0.3) is 0 Å². The van der Waals surface area contributed by atoms with Gasteiger partial charge in [0.25, 0.3) is 5.91 Å². The van der Waals surface area contributed by atoms with Crippen LogP contribution in [0.4, 0.5) is 4.79 Å². The summed E-state index contributed by atoms with van der Waals surface area (Å²) in [4.78, 5) is 40.7. The zero-order valence-corrected chi connectivity index (χ0v) is 17.1. The van der Waals surface area contributed by atoms with Gasteiger partial charge in [-0.05, 0) is 50.0 Å². The zero-order chi connectivity index (χ0) is 20.3. The van der Waals surface area contributed by atoms with E-state index in [-0.39, 0.29) is 17.8 Å². The molecule has 1 N–H and O–H groups in total. The van der Waals surface area contributed by atoms with Gasteiger partial charge in [-0.1, -0.05) is 43.2 Å². The molecule has 29 heavy (non-hydrogen) atoms. The Balaban J connectivity index is 1.19. The van der Waals surface area contributed by atoms with E-state index >= 15 is 0 Å². The number of amides is 4. The van der Waals surface area contributed by atoms with Gasteiger partial charge in [0.1, 0.15) is 5.54 Å². The van der Waals surface area contributed by atoms with Crippen molar-refractivity contribution < 1.29 is 14.4 Å². The molecule has 0 atom stereocenters. The second kappa shape index (κ2) is 8.56. The van der Waals surface area contributed by atoms with E-state index in [0.717, 1.165) is 58.0 Å². The molecular weight excluding hydrogens is 366 g/mol. The summed E-state index contributed by atoms with van der Waals surface area (Å²) in [6, 6.07) is 10.2. The van der Waals surface area contributed by atoms with Gasteiger partial charge < -0.3 is 10.2 Å². The van der Waals surface area contributed by atoms with Gasteiger partial charge in [0, 0.05) is 26.1 Å². The average Bonchev–Trinajstić information content (AvgIpc) is 3.29. The number of rotatable bonds is 6. The Labute approximate surface area is 172 Å². The first-order chi connectivity index (χ1) is 14.1. The van der Waals surface area contributed by atoms with Crippen LogP contribution in [0.2, 0.25) is 0 Å². The van der Waals surface area contributed by atoms with Crippen molar-refractivity contribution in [2.24, 2.45) is 5.92 Å². The molecule has 1 aromatic rings. The molecule has 6 heteroatoms. The van der Waals surface area contributed by atoms with Crippen molar-refractivity contribution in [2.75, 3.05) is 19.6 Å². The molecule has 1 aliphatic carbocycles. The summed E-state index contributed by atoms with van der Waals surface area (Å²) in [6.07, 6.45) is 7.54. The van der Waals surface area contributed by atoms with Crippen LogP contribution in [0.1, 0.15) is 56.9 Å². The summed E-state index contributed by atoms with van der Waals surface area (Å²) in [5.41, 5.74) is 0.715. The monoisotopic (exact) mass is 397 g/mol. The highest BCUT2D eigenvalue weighted by atomic mass is 16.2. The third-order valence-electron chi connectivity index (χ3n) is 6.81. The quantitative estimate of drug-likeness (QED) is 0.750. The van der Waals surface area contributed by atoms with Gasteiger partial charge in [0.15, 0.2) is 0 Å². The second-order valence-electron chi connectivity index (χ2n) is 8.79. The molecule has 4 amide bonds. The lowest BCUT2D eigenvalue weighted by molar-refractivity contribution is -0.134. The highest BCUT2D eigenvalue weighted by Crippen LogP contribution is 2.35. The Morgan fingerprint density at radius 1 is 1.07 bits per heavy atom. The summed E-state index contributed by atoms with van der Waals surface area (Å²) in [6.45, 7) is 1.95. The normalized spacial score (nSPS) is 21.8. The fraction of sp³-hybridized carbons (Fsp3) is 0.609. The maximum Gasteiger partial charge on any atom is 0.325 e. The SMILES string of the molecule is O=C(CCCN1C(=O)NC2(CCCC2)C1=O)N1CCC(Cc2ccccc2)CC1. The lowest BCUT2D eigenvalue weighted by atomic mass is 9.90. The Kier molecular flexibility index (Phi) is 5.88. The molecule has 2 aliphatic heterocycles. The number of benzene rings is 1. The van der Waals surface area contributed by atoms with Crippen LogP contribution in [0.15, 0.2) is 30.3 Å². The number of hydrogen-bond acceptors (Lipinski definition) is 3. The first kappa shape index (κ1) is 19.9. The van der Waals surface area contributed by atoms with E-state index in [2.05, 4.69) is 29.6 Å². The predicted octanol–water partition coefficient (Wildman–Crippen LogP) is 3.11. The highest BCUT2D eigenvalue weighted by Gasteiger charge is 2.52. The van der Waals surface area contributed by atoms with E-state index in [1.807, 2.05) is 11.0 Å². The summed E-state index contributed by atoms with van der Waals surface area (Å²) in [7, 11) is 0. The van der Waals surface area contributed by atoms with E-state index in [1.54, 1.807) is 0 Å². The van der Waals surface area contributed by atoms with E-state index in [9.17, 15) is 14.4 Å². The third-order valence-corrected chi connectivity index (χ3v) is 6.81. The first-order valence-electron chi connectivity index (χ1n) is 11.0. The van der Waals surface area contributed by atoms with Crippen molar-refractivity contribution in [1.29, 1.82) is 0 Å². The number of imide groups is 1. The maximum atomic E-state index is 12.7. The molecule has 0 bridgehead atoms. The van der Waals surface area contributed by atoms with Crippen molar-refractivity contribution in [3.63, 3.8) is 0 Å². The topological polar surface area (TPSA) is 69.7 Å². The molecule has 1 saturated carbocycles. The minimum atomic E-state index is -0.651.